The molecule has 3 aromatic carbocycles. The van der Waals surface area contributed by atoms with Crippen LogP contribution in [-0.4, -0.2) is 24.6 Å². The number of benzene rings is 3. The summed E-state index contributed by atoms with van der Waals surface area (Å²) in [6, 6.07) is 15.0. The van der Waals surface area contributed by atoms with Crippen LogP contribution in [-0.2, 0) is 16.2 Å². The first-order chi connectivity index (χ1) is 16.8. The second kappa shape index (κ2) is 12.3. The number of ether oxygens (including phenoxy) is 2. The highest BCUT2D eigenvalue weighted by molar-refractivity contribution is 9.10. The summed E-state index contributed by atoms with van der Waals surface area (Å²) in [4.78, 5) is 24.0. The fourth-order valence-electron chi connectivity index (χ4n) is 2.88. The standard InChI is InChI=1S/C25H22BrClFN3O4/c1-3-34-22-11-17(10-19(26)23(22)35-14-16-6-4-15(2)5-7-16)13-29-31-25(33)24(32)30-18-8-9-21(28)20(27)12-18/h4-13H,3,14H2,1-2H3,(H,30,32)(H,31,33). The molecule has 3 aromatic rings. The van der Waals surface area contributed by atoms with E-state index in [4.69, 9.17) is 21.1 Å². The van der Waals surface area contributed by atoms with Crippen molar-refractivity contribution in [1.29, 1.82) is 0 Å². The molecular weight excluding hydrogens is 541 g/mol. The molecule has 0 unspecified atom stereocenters. The molecule has 3 rings (SSSR count). The van der Waals surface area contributed by atoms with Gasteiger partial charge in [-0.3, -0.25) is 9.59 Å². The second-order valence-corrected chi connectivity index (χ2v) is 8.58. The zero-order chi connectivity index (χ0) is 25.4. The number of nitrogens with zero attached hydrogens (tertiary/aromatic N) is 1. The maximum atomic E-state index is 13.2. The van der Waals surface area contributed by atoms with Crippen LogP contribution < -0.4 is 20.2 Å². The molecule has 0 aliphatic carbocycles. The van der Waals surface area contributed by atoms with Gasteiger partial charge in [-0.1, -0.05) is 41.4 Å². The number of nitrogens with one attached hydrogen (secondary N) is 2. The first-order valence-corrected chi connectivity index (χ1v) is 11.7. The molecule has 0 saturated carbocycles. The number of aryl methyl sites for hydroxylation is 1. The average Bonchev–Trinajstić information content (AvgIpc) is 2.82. The molecule has 0 aliphatic rings. The molecule has 35 heavy (non-hydrogen) atoms. The highest BCUT2D eigenvalue weighted by atomic mass is 79.9. The van der Waals surface area contributed by atoms with Gasteiger partial charge in [0.05, 0.1) is 22.3 Å². The molecule has 0 spiro atoms. The fourth-order valence-corrected chi connectivity index (χ4v) is 3.64. The van der Waals surface area contributed by atoms with Crippen LogP contribution in [0.25, 0.3) is 0 Å². The smallest absolute Gasteiger partial charge is 0.329 e. The predicted molar refractivity (Wildman–Crippen MR) is 137 cm³/mol. The Kier molecular flexibility index (Phi) is 9.22. The van der Waals surface area contributed by atoms with E-state index >= 15 is 0 Å². The number of rotatable bonds is 8. The largest absolute Gasteiger partial charge is 0.490 e. The first kappa shape index (κ1) is 26.2. The van der Waals surface area contributed by atoms with Crippen molar-refractivity contribution in [2.45, 2.75) is 20.5 Å². The van der Waals surface area contributed by atoms with Crippen LogP contribution in [0.3, 0.4) is 0 Å². The monoisotopic (exact) mass is 561 g/mol. The Morgan fingerprint density at radius 3 is 2.51 bits per heavy atom. The number of hydrogen-bond acceptors (Lipinski definition) is 5. The van der Waals surface area contributed by atoms with Crippen molar-refractivity contribution in [3.63, 3.8) is 0 Å². The van der Waals surface area contributed by atoms with E-state index in [0.29, 0.717) is 34.7 Å². The third-order valence-electron chi connectivity index (χ3n) is 4.60. The van der Waals surface area contributed by atoms with E-state index in [0.717, 1.165) is 17.2 Å². The van der Waals surface area contributed by atoms with Crippen molar-refractivity contribution in [3.8, 4) is 11.5 Å². The van der Waals surface area contributed by atoms with Crippen LogP contribution in [0.2, 0.25) is 5.02 Å². The molecule has 7 nitrogen and oxygen atoms in total. The highest BCUT2D eigenvalue weighted by Gasteiger charge is 2.15. The van der Waals surface area contributed by atoms with Gasteiger partial charge in [0.25, 0.3) is 0 Å². The molecule has 0 fully saturated rings. The lowest BCUT2D eigenvalue weighted by molar-refractivity contribution is -0.136. The average molecular weight is 563 g/mol. The van der Waals surface area contributed by atoms with Crippen LogP contribution in [0.1, 0.15) is 23.6 Å². The zero-order valence-electron chi connectivity index (χ0n) is 18.9. The Labute approximate surface area is 215 Å². The summed E-state index contributed by atoms with van der Waals surface area (Å²) in [6.45, 7) is 4.64. The van der Waals surface area contributed by atoms with Crippen LogP contribution >= 0.6 is 27.5 Å². The number of anilines is 1. The number of carbonyl (C=O) groups is 2. The summed E-state index contributed by atoms with van der Waals surface area (Å²) in [6.07, 6.45) is 1.36. The Hall–Kier alpha value is -3.43. The third-order valence-corrected chi connectivity index (χ3v) is 5.48. The molecule has 182 valence electrons. The van der Waals surface area contributed by atoms with E-state index in [1.807, 2.05) is 38.1 Å². The second-order valence-electron chi connectivity index (χ2n) is 7.32. The fraction of sp³-hybridized carbons (Fsp3) is 0.160. The van der Waals surface area contributed by atoms with E-state index in [-0.39, 0.29) is 10.7 Å². The van der Waals surface area contributed by atoms with Gasteiger partial charge in [0, 0.05) is 5.69 Å². The lowest BCUT2D eigenvalue weighted by Gasteiger charge is -2.15. The predicted octanol–water partition coefficient (Wildman–Crippen LogP) is 5.62. The molecule has 0 aromatic heterocycles. The molecule has 2 amide bonds. The van der Waals surface area contributed by atoms with E-state index in [9.17, 15) is 14.0 Å². The molecule has 10 heteroatoms. The summed E-state index contributed by atoms with van der Waals surface area (Å²) in [5.41, 5.74) is 5.08. The van der Waals surface area contributed by atoms with Gasteiger partial charge in [-0.2, -0.15) is 5.10 Å². The van der Waals surface area contributed by atoms with Crippen molar-refractivity contribution < 1.29 is 23.5 Å². The maximum absolute atomic E-state index is 13.2. The highest BCUT2D eigenvalue weighted by Crippen LogP contribution is 2.37. The minimum Gasteiger partial charge on any atom is -0.490 e. The van der Waals surface area contributed by atoms with Crippen molar-refractivity contribution >= 4 is 51.2 Å². The lowest BCUT2D eigenvalue weighted by Crippen LogP contribution is -2.32. The Morgan fingerprint density at radius 2 is 1.83 bits per heavy atom. The summed E-state index contributed by atoms with van der Waals surface area (Å²) < 4.78 is 25.5. The number of amides is 2. The number of hydrogen-bond donors (Lipinski definition) is 2. The van der Waals surface area contributed by atoms with Crippen LogP contribution in [0, 0.1) is 12.7 Å². The number of hydrazone groups is 1. The van der Waals surface area contributed by atoms with Crippen molar-refractivity contribution in [3.05, 3.63) is 86.6 Å². The zero-order valence-corrected chi connectivity index (χ0v) is 21.2. The first-order valence-electron chi connectivity index (χ1n) is 10.5. The van der Waals surface area contributed by atoms with Crippen LogP contribution in [0.15, 0.2) is 64.2 Å². The van der Waals surface area contributed by atoms with Gasteiger partial charge in [-0.15, -0.1) is 0 Å². The minimum atomic E-state index is -1.01. The van der Waals surface area contributed by atoms with E-state index in [2.05, 4.69) is 31.8 Å². The molecule has 0 saturated heterocycles. The molecule has 0 bridgehead atoms. The molecular formula is C25H22BrClFN3O4. The van der Waals surface area contributed by atoms with E-state index in [1.165, 1.54) is 18.3 Å². The molecule has 0 aliphatic heterocycles. The van der Waals surface area contributed by atoms with Gasteiger partial charge in [-0.05, 0) is 71.2 Å². The summed E-state index contributed by atoms with van der Waals surface area (Å²) in [5, 5.41) is 5.95. The summed E-state index contributed by atoms with van der Waals surface area (Å²) >= 11 is 9.16. The molecule has 2 N–H and O–H groups in total. The molecule has 0 heterocycles. The number of carbonyl (C=O) groups excluding carboxylic acids is 2. The van der Waals surface area contributed by atoms with Gasteiger partial charge < -0.3 is 14.8 Å². The van der Waals surface area contributed by atoms with Gasteiger partial charge in [0.2, 0.25) is 0 Å². The quantitative estimate of drug-likeness (QED) is 0.212. The van der Waals surface area contributed by atoms with Crippen LogP contribution in [0.5, 0.6) is 11.5 Å². The SMILES string of the molecule is CCOc1cc(C=NNC(=O)C(=O)Nc2ccc(F)c(Cl)c2)cc(Br)c1OCc1ccc(C)cc1. The van der Waals surface area contributed by atoms with Gasteiger partial charge in [0.1, 0.15) is 12.4 Å². The van der Waals surface area contributed by atoms with Crippen molar-refractivity contribution in [1.82, 2.24) is 5.43 Å². The maximum Gasteiger partial charge on any atom is 0.329 e. The van der Waals surface area contributed by atoms with Gasteiger partial charge in [-0.25, -0.2) is 9.82 Å². The Morgan fingerprint density at radius 1 is 1.09 bits per heavy atom. The third kappa shape index (κ3) is 7.53. The van der Waals surface area contributed by atoms with Crippen LogP contribution in [0.4, 0.5) is 10.1 Å². The summed E-state index contributed by atoms with van der Waals surface area (Å²) in [7, 11) is 0. The topological polar surface area (TPSA) is 89.0 Å². The minimum absolute atomic E-state index is 0.173. The van der Waals surface area contributed by atoms with Crippen molar-refractivity contribution in [2.24, 2.45) is 5.10 Å². The van der Waals surface area contributed by atoms with E-state index < -0.39 is 17.6 Å². The summed E-state index contributed by atoms with van der Waals surface area (Å²) in [5.74, 6) is -1.61. The van der Waals surface area contributed by atoms with Gasteiger partial charge >= 0.3 is 11.8 Å². The van der Waals surface area contributed by atoms with Gasteiger partial charge in [0.15, 0.2) is 11.5 Å². The number of halogens is 3. The molecule has 0 radical (unpaired) electrons. The Bertz CT molecular complexity index is 1250. The van der Waals surface area contributed by atoms with E-state index in [1.54, 1.807) is 12.1 Å². The molecule has 0 atom stereocenters. The lowest BCUT2D eigenvalue weighted by atomic mass is 10.2. The normalized spacial score (nSPS) is 10.8. The van der Waals surface area contributed by atoms with Crippen molar-refractivity contribution in [2.75, 3.05) is 11.9 Å². The Balaban J connectivity index is 1.64.